The second-order valence-electron chi connectivity index (χ2n) is 4.31. The van der Waals surface area contributed by atoms with Crippen molar-refractivity contribution in [3.63, 3.8) is 0 Å². The number of hydrogen-bond donors (Lipinski definition) is 2. The molecule has 0 aliphatic rings. The first-order valence-electron chi connectivity index (χ1n) is 6.40. The molecule has 0 unspecified atom stereocenters. The van der Waals surface area contributed by atoms with Crippen LogP contribution in [-0.4, -0.2) is 17.0 Å². The number of rotatable bonds is 4. The molecule has 0 fully saturated rings. The zero-order valence-electron chi connectivity index (χ0n) is 11.3. The van der Waals surface area contributed by atoms with Crippen LogP contribution in [0.3, 0.4) is 0 Å². The zero-order valence-corrected chi connectivity index (χ0v) is 12.1. The van der Waals surface area contributed by atoms with Crippen molar-refractivity contribution in [3.05, 3.63) is 64.7 Å². The van der Waals surface area contributed by atoms with Gasteiger partial charge in [-0.2, -0.15) is 0 Å². The third-order valence-corrected chi connectivity index (χ3v) is 3.70. The van der Waals surface area contributed by atoms with Gasteiger partial charge in [0, 0.05) is 6.07 Å². The highest BCUT2D eigenvalue weighted by atomic mass is 32.1. The van der Waals surface area contributed by atoms with E-state index in [1.165, 1.54) is 23.6 Å². The Morgan fingerprint density at radius 2 is 1.68 bits per heavy atom. The predicted octanol–water partition coefficient (Wildman–Crippen LogP) is 3.24. The number of nitrogens with zero attached hydrogens (tertiary/aromatic N) is 1. The highest BCUT2D eigenvalue weighted by molar-refractivity contribution is 7.12. The number of amides is 2. The molecule has 1 aromatic carbocycles. The van der Waals surface area contributed by atoms with Crippen molar-refractivity contribution < 1.29 is 14.1 Å². The molecule has 0 radical (unpaired) electrons. The molecule has 2 heterocycles. The largest absolute Gasteiger partial charge is 0.351 e. The molecule has 0 aliphatic heterocycles. The number of carbonyl (C=O) groups is 2. The number of benzene rings is 1. The first-order valence-corrected chi connectivity index (χ1v) is 7.28. The molecule has 2 amide bonds. The van der Waals surface area contributed by atoms with Crippen molar-refractivity contribution in [2.24, 2.45) is 0 Å². The molecule has 3 rings (SSSR count). The first kappa shape index (κ1) is 14.0. The van der Waals surface area contributed by atoms with Crippen molar-refractivity contribution in [2.75, 3.05) is 10.6 Å². The van der Waals surface area contributed by atoms with Gasteiger partial charge in [-0.25, -0.2) is 0 Å². The SMILES string of the molecule is O=C(Nc1ccccc1NC(=O)c1cccs1)c1ccno1. The van der Waals surface area contributed by atoms with Gasteiger partial charge in [0.1, 0.15) is 0 Å². The maximum atomic E-state index is 12.1. The Kier molecular flexibility index (Phi) is 3.97. The lowest BCUT2D eigenvalue weighted by Gasteiger charge is -2.10. The number of hydrogen-bond acceptors (Lipinski definition) is 5. The summed E-state index contributed by atoms with van der Waals surface area (Å²) in [7, 11) is 0. The average molecular weight is 313 g/mol. The van der Waals surface area contributed by atoms with Gasteiger partial charge in [-0.1, -0.05) is 23.4 Å². The van der Waals surface area contributed by atoms with Gasteiger partial charge in [0.05, 0.1) is 22.4 Å². The highest BCUT2D eigenvalue weighted by Gasteiger charge is 2.14. The molecule has 22 heavy (non-hydrogen) atoms. The molecular formula is C15H11N3O3S. The second kappa shape index (κ2) is 6.23. The van der Waals surface area contributed by atoms with E-state index in [1.54, 1.807) is 36.4 Å². The molecule has 0 atom stereocenters. The monoisotopic (exact) mass is 313 g/mol. The fraction of sp³-hybridized carbons (Fsp3) is 0. The van der Waals surface area contributed by atoms with Crippen LogP contribution in [0, 0.1) is 0 Å². The second-order valence-corrected chi connectivity index (χ2v) is 5.26. The zero-order chi connectivity index (χ0) is 15.4. The maximum absolute atomic E-state index is 12.1. The Balaban J connectivity index is 1.78. The smallest absolute Gasteiger partial charge is 0.294 e. The normalized spacial score (nSPS) is 10.2. The molecule has 0 spiro atoms. The van der Waals surface area contributed by atoms with Gasteiger partial charge in [-0.3, -0.25) is 9.59 Å². The Hall–Kier alpha value is -2.93. The van der Waals surface area contributed by atoms with Gasteiger partial charge in [0.2, 0.25) is 5.76 Å². The summed E-state index contributed by atoms with van der Waals surface area (Å²) in [5.41, 5.74) is 0.988. The number of anilines is 2. The number of carbonyl (C=O) groups excluding carboxylic acids is 2. The number of nitrogens with one attached hydrogen (secondary N) is 2. The molecule has 0 bridgehead atoms. The van der Waals surface area contributed by atoms with E-state index in [0.29, 0.717) is 16.3 Å². The minimum Gasteiger partial charge on any atom is -0.351 e. The number of aromatic nitrogens is 1. The van der Waals surface area contributed by atoms with Crippen LogP contribution in [0.2, 0.25) is 0 Å². The van der Waals surface area contributed by atoms with Crippen LogP contribution in [-0.2, 0) is 0 Å². The lowest BCUT2D eigenvalue weighted by atomic mass is 10.2. The summed E-state index contributed by atoms with van der Waals surface area (Å²) in [4.78, 5) is 24.7. The van der Waals surface area contributed by atoms with E-state index in [0.717, 1.165) is 0 Å². The highest BCUT2D eigenvalue weighted by Crippen LogP contribution is 2.23. The van der Waals surface area contributed by atoms with Crippen LogP contribution in [0.25, 0.3) is 0 Å². The number of thiophene rings is 1. The summed E-state index contributed by atoms with van der Waals surface area (Å²) in [6.45, 7) is 0. The third-order valence-electron chi connectivity index (χ3n) is 2.83. The van der Waals surface area contributed by atoms with Crippen molar-refractivity contribution in [1.82, 2.24) is 5.16 Å². The third kappa shape index (κ3) is 3.04. The maximum Gasteiger partial charge on any atom is 0.294 e. The minimum absolute atomic E-state index is 0.0967. The van der Waals surface area contributed by atoms with Crippen LogP contribution in [0.5, 0.6) is 0 Å². The fourth-order valence-corrected chi connectivity index (χ4v) is 2.43. The Morgan fingerprint density at radius 1 is 0.955 bits per heavy atom. The van der Waals surface area contributed by atoms with E-state index in [2.05, 4.69) is 15.8 Å². The van der Waals surface area contributed by atoms with Crippen LogP contribution < -0.4 is 10.6 Å². The van der Waals surface area contributed by atoms with E-state index in [1.807, 2.05) is 5.38 Å². The summed E-state index contributed by atoms with van der Waals surface area (Å²) >= 11 is 1.35. The summed E-state index contributed by atoms with van der Waals surface area (Å²) < 4.78 is 4.80. The fourth-order valence-electron chi connectivity index (χ4n) is 1.81. The van der Waals surface area contributed by atoms with E-state index >= 15 is 0 Å². The van der Waals surface area contributed by atoms with Gasteiger partial charge >= 0.3 is 0 Å². The topological polar surface area (TPSA) is 84.2 Å². The van der Waals surface area contributed by atoms with Gasteiger partial charge in [0.25, 0.3) is 11.8 Å². The molecule has 0 aliphatic carbocycles. The summed E-state index contributed by atoms with van der Waals surface area (Å²) in [6, 6.07) is 11.9. The van der Waals surface area contributed by atoms with Gasteiger partial charge in [-0.05, 0) is 23.6 Å². The van der Waals surface area contributed by atoms with Gasteiger partial charge in [-0.15, -0.1) is 11.3 Å². The molecule has 2 N–H and O–H groups in total. The molecule has 110 valence electrons. The Labute approximate surface area is 129 Å². The molecular weight excluding hydrogens is 302 g/mol. The molecule has 2 aromatic heterocycles. The Morgan fingerprint density at radius 3 is 2.27 bits per heavy atom. The van der Waals surface area contributed by atoms with Crippen LogP contribution in [0.4, 0.5) is 11.4 Å². The lowest BCUT2D eigenvalue weighted by molar-refractivity contribution is 0.0985. The Bertz CT molecular complexity index is 715. The van der Waals surface area contributed by atoms with E-state index in [-0.39, 0.29) is 11.7 Å². The minimum atomic E-state index is -0.435. The standard InChI is InChI=1S/C15H11N3O3S/c19-14(12-7-8-16-21-12)17-10-4-1-2-5-11(10)18-15(20)13-6-3-9-22-13/h1-9H,(H,17,19)(H,18,20). The molecule has 7 heteroatoms. The van der Waals surface area contributed by atoms with Crippen molar-refractivity contribution in [2.45, 2.75) is 0 Å². The molecule has 6 nitrogen and oxygen atoms in total. The van der Waals surface area contributed by atoms with E-state index in [4.69, 9.17) is 4.52 Å². The predicted molar refractivity (Wildman–Crippen MR) is 83.2 cm³/mol. The summed E-state index contributed by atoms with van der Waals surface area (Å²) in [5, 5.41) is 10.8. The first-order chi connectivity index (χ1) is 10.7. The molecule has 0 saturated carbocycles. The number of para-hydroxylation sites is 2. The molecule has 3 aromatic rings. The average Bonchev–Trinajstić information content (AvgIpc) is 3.23. The van der Waals surface area contributed by atoms with Crippen LogP contribution >= 0.6 is 11.3 Å². The van der Waals surface area contributed by atoms with Crippen molar-refractivity contribution in [1.29, 1.82) is 0 Å². The summed E-state index contributed by atoms with van der Waals surface area (Å²) in [6.07, 6.45) is 1.39. The van der Waals surface area contributed by atoms with Gasteiger partial charge in [0.15, 0.2) is 0 Å². The van der Waals surface area contributed by atoms with Crippen LogP contribution in [0.1, 0.15) is 20.2 Å². The quantitative estimate of drug-likeness (QED) is 0.774. The van der Waals surface area contributed by atoms with Gasteiger partial charge < -0.3 is 15.2 Å². The van der Waals surface area contributed by atoms with E-state index < -0.39 is 5.91 Å². The van der Waals surface area contributed by atoms with Crippen molar-refractivity contribution >= 4 is 34.5 Å². The van der Waals surface area contributed by atoms with Crippen molar-refractivity contribution in [3.8, 4) is 0 Å². The lowest BCUT2D eigenvalue weighted by Crippen LogP contribution is -2.15. The van der Waals surface area contributed by atoms with Crippen LogP contribution in [0.15, 0.2) is 58.6 Å². The van der Waals surface area contributed by atoms with E-state index in [9.17, 15) is 9.59 Å². The summed E-state index contributed by atoms with van der Waals surface area (Å²) in [5.74, 6) is -0.564. The molecule has 0 saturated heterocycles.